The summed E-state index contributed by atoms with van der Waals surface area (Å²) >= 11 is 0. The lowest BCUT2D eigenvalue weighted by atomic mass is 9.94. The molecular weight excluding hydrogens is 336 g/mol. The predicted molar refractivity (Wildman–Crippen MR) is 108 cm³/mol. The highest BCUT2D eigenvalue weighted by molar-refractivity contribution is 5.76. The van der Waals surface area contributed by atoms with Crippen molar-refractivity contribution in [3.8, 4) is 0 Å². The Balaban J connectivity index is 1.22. The Morgan fingerprint density at radius 2 is 2.15 bits per heavy atom. The summed E-state index contributed by atoms with van der Waals surface area (Å²) < 4.78 is 0. The van der Waals surface area contributed by atoms with Gasteiger partial charge in [-0.2, -0.15) is 5.10 Å². The van der Waals surface area contributed by atoms with Gasteiger partial charge in [0.1, 0.15) is 0 Å². The zero-order valence-electron chi connectivity index (χ0n) is 16.3. The van der Waals surface area contributed by atoms with Crippen LogP contribution in [0.3, 0.4) is 0 Å². The highest BCUT2D eigenvalue weighted by Gasteiger charge is 2.24. The molecule has 5 nitrogen and oxygen atoms in total. The second kappa shape index (κ2) is 8.15. The Kier molecular flexibility index (Phi) is 5.46. The number of hydrogen-bond acceptors (Lipinski definition) is 3. The SMILES string of the molecule is Cc1ccccc1N1CC[C@H](CNC(=O)CCc2n[nH]c3c2CCCC3)C1. The molecule has 2 heterocycles. The van der Waals surface area contributed by atoms with E-state index in [-0.39, 0.29) is 5.91 Å². The van der Waals surface area contributed by atoms with Gasteiger partial charge in [0.15, 0.2) is 0 Å². The second-order valence-corrected chi connectivity index (χ2v) is 8.03. The van der Waals surface area contributed by atoms with Crippen LogP contribution in [0.2, 0.25) is 0 Å². The minimum atomic E-state index is 0.150. The standard InChI is InChI=1S/C22H30N4O/c1-16-6-2-5-9-21(16)26-13-12-17(15-26)14-23-22(27)11-10-20-18-7-3-4-8-19(18)24-25-20/h2,5-6,9,17H,3-4,7-8,10-15H2,1H3,(H,23,27)(H,24,25)/t17-/m1/s1. The summed E-state index contributed by atoms with van der Waals surface area (Å²) in [5.74, 6) is 0.684. The van der Waals surface area contributed by atoms with E-state index in [9.17, 15) is 4.79 Å². The minimum Gasteiger partial charge on any atom is -0.371 e. The summed E-state index contributed by atoms with van der Waals surface area (Å²) in [6.45, 7) is 5.04. The summed E-state index contributed by atoms with van der Waals surface area (Å²) in [7, 11) is 0. The molecule has 1 amide bonds. The Labute approximate surface area is 161 Å². The van der Waals surface area contributed by atoms with Gasteiger partial charge in [-0.1, -0.05) is 18.2 Å². The zero-order chi connectivity index (χ0) is 18.6. The Hall–Kier alpha value is -2.30. The first-order valence-corrected chi connectivity index (χ1v) is 10.3. The number of H-pyrrole nitrogens is 1. The molecule has 0 bridgehead atoms. The van der Waals surface area contributed by atoms with Gasteiger partial charge in [-0.05, 0) is 62.1 Å². The van der Waals surface area contributed by atoms with E-state index in [2.05, 4.69) is 51.6 Å². The van der Waals surface area contributed by atoms with E-state index in [1.54, 1.807) is 0 Å². The minimum absolute atomic E-state index is 0.150. The van der Waals surface area contributed by atoms with E-state index in [1.807, 2.05) is 0 Å². The maximum Gasteiger partial charge on any atom is 0.220 e. The van der Waals surface area contributed by atoms with E-state index in [0.29, 0.717) is 12.3 Å². The number of nitrogens with one attached hydrogen (secondary N) is 2. The van der Waals surface area contributed by atoms with Crippen LogP contribution in [0.5, 0.6) is 0 Å². The van der Waals surface area contributed by atoms with Crippen molar-refractivity contribution in [1.29, 1.82) is 0 Å². The molecule has 2 aromatic rings. The van der Waals surface area contributed by atoms with Gasteiger partial charge in [0.25, 0.3) is 0 Å². The van der Waals surface area contributed by atoms with E-state index >= 15 is 0 Å². The molecule has 1 aliphatic heterocycles. The highest BCUT2D eigenvalue weighted by Crippen LogP contribution is 2.26. The zero-order valence-corrected chi connectivity index (χ0v) is 16.3. The number of amides is 1. The number of para-hydroxylation sites is 1. The monoisotopic (exact) mass is 366 g/mol. The van der Waals surface area contributed by atoms with Gasteiger partial charge in [0.2, 0.25) is 5.91 Å². The molecule has 27 heavy (non-hydrogen) atoms. The van der Waals surface area contributed by atoms with Crippen LogP contribution in [0.15, 0.2) is 24.3 Å². The highest BCUT2D eigenvalue weighted by atomic mass is 16.1. The third-order valence-corrected chi connectivity index (χ3v) is 6.06. The summed E-state index contributed by atoms with van der Waals surface area (Å²) in [6.07, 6.45) is 7.12. The summed E-state index contributed by atoms with van der Waals surface area (Å²) in [5, 5.41) is 10.8. The lowest BCUT2D eigenvalue weighted by molar-refractivity contribution is -0.121. The number of nitrogens with zero attached hydrogens (tertiary/aromatic N) is 2. The maximum atomic E-state index is 12.3. The van der Waals surface area contributed by atoms with E-state index in [1.165, 1.54) is 35.3 Å². The quantitative estimate of drug-likeness (QED) is 0.825. The van der Waals surface area contributed by atoms with Crippen LogP contribution in [-0.2, 0) is 24.1 Å². The predicted octanol–water partition coefficient (Wildman–Crippen LogP) is 3.17. The van der Waals surface area contributed by atoms with Gasteiger partial charge in [0.05, 0.1) is 5.69 Å². The topological polar surface area (TPSA) is 61.0 Å². The number of hydrogen-bond donors (Lipinski definition) is 2. The second-order valence-electron chi connectivity index (χ2n) is 8.03. The number of anilines is 1. The Bertz CT molecular complexity index is 797. The fourth-order valence-electron chi connectivity index (χ4n) is 4.47. The van der Waals surface area contributed by atoms with Crippen molar-refractivity contribution in [3.05, 3.63) is 46.8 Å². The molecule has 0 unspecified atom stereocenters. The smallest absolute Gasteiger partial charge is 0.220 e. The molecule has 1 saturated heterocycles. The molecule has 1 aromatic heterocycles. The van der Waals surface area contributed by atoms with Crippen molar-refractivity contribution in [2.24, 2.45) is 5.92 Å². The van der Waals surface area contributed by atoms with Crippen molar-refractivity contribution in [2.45, 2.75) is 51.9 Å². The number of rotatable bonds is 6. The molecular formula is C22H30N4O. The molecule has 1 aromatic carbocycles. The third-order valence-electron chi connectivity index (χ3n) is 6.06. The van der Waals surface area contributed by atoms with Gasteiger partial charge in [0, 0.05) is 43.9 Å². The first-order valence-electron chi connectivity index (χ1n) is 10.3. The number of aromatic amines is 1. The molecule has 1 aliphatic carbocycles. The molecule has 2 aliphatic rings. The van der Waals surface area contributed by atoms with Gasteiger partial charge >= 0.3 is 0 Å². The normalized spacial score (nSPS) is 19.1. The fourth-order valence-corrected chi connectivity index (χ4v) is 4.47. The average Bonchev–Trinajstić information content (AvgIpc) is 3.32. The van der Waals surface area contributed by atoms with Crippen molar-refractivity contribution in [3.63, 3.8) is 0 Å². The van der Waals surface area contributed by atoms with Crippen LogP contribution < -0.4 is 10.2 Å². The number of fused-ring (bicyclic) bond motifs is 1. The van der Waals surface area contributed by atoms with Crippen LogP contribution >= 0.6 is 0 Å². The molecule has 0 spiro atoms. The summed E-state index contributed by atoms with van der Waals surface area (Å²) in [4.78, 5) is 14.8. The Morgan fingerprint density at radius 1 is 1.30 bits per heavy atom. The van der Waals surface area contributed by atoms with Gasteiger partial charge in [-0.15, -0.1) is 0 Å². The average molecular weight is 367 g/mol. The Morgan fingerprint density at radius 3 is 3.04 bits per heavy atom. The van der Waals surface area contributed by atoms with Gasteiger partial charge in [-0.3, -0.25) is 9.89 Å². The molecule has 1 atom stereocenters. The van der Waals surface area contributed by atoms with Crippen molar-refractivity contribution < 1.29 is 4.79 Å². The van der Waals surface area contributed by atoms with E-state index in [0.717, 1.165) is 51.0 Å². The first-order chi connectivity index (χ1) is 13.2. The third kappa shape index (κ3) is 4.18. The van der Waals surface area contributed by atoms with Crippen LogP contribution in [0.4, 0.5) is 5.69 Å². The number of aryl methyl sites for hydroxylation is 3. The fraction of sp³-hybridized carbons (Fsp3) is 0.545. The first kappa shape index (κ1) is 18.1. The molecule has 4 rings (SSSR count). The van der Waals surface area contributed by atoms with Gasteiger partial charge in [-0.25, -0.2) is 0 Å². The van der Waals surface area contributed by atoms with Crippen LogP contribution in [-0.4, -0.2) is 35.7 Å². The van der Waals surface area contributed by atoms with Gasteiger partial charge < -0.3 is 10.2 Å². The number of carbonyl (C=O) groups is 1. The molecule has 1 fully saturated rings. The maximum absolute atomic E-state index is 12.3. The molecule has 0 saturated carbocycles. The van der Waals surface area contributed by atoms with Crippen molar-refractivity contribution in [2.75, 3.05) is 24.5 Å². The lowest BCUT2D eigenvalue weighted by Crippen LogP contribution is -2.31. The van der Waals surface area contributed by atoms with Crippen LogP contribution in [0.1, 0.15) is 48.2 Å². The van der Waals surface area contributed by atoms with Crippen molar-refractivity contribution in [1.82, 2.24) is 15.5 Å². The van der Waals surface area contributed by atoms with Crippen molar-refractivity contribution >= 4 is 11.6 Å². The number of carbonyl (C=O) groups excluding carboxylic acids is 1. The number of benzene rings is 1. The van der Waals surface area contributed by atoms with E-state index < -0.39 is 0 Å². The summed E-state index contributed by atoms with van der Waals surface area (Å²) in [6, 6.07) is 8.55. The molecule has 5 heteroatoms. The molecule has 0 radical (unpaired) electrons. The van der Waals surface area contributed by atoms with Crippen LogP contribution in [0.25, 0.3) is 0 Å². The molecule has 144 valence electrons. The van der Waals surface area contributed by atoms with E-state index in [4.69, 9.17) is 0 Å². The lowest BCUT2D eigenvalue weighted by Gasteiger charge is -2.21. The number of aromatic nitrogens is 2. The molecule has 2 N–H and O–H groups in total. The van der Waals surface area contributed by atoms with Crippen LogP contribution in [0, 0.1) is 12.8 Å². The largest absolute Gasteiger partial charge is 0.371 e. The summed E-state index contributed by atoms with van der Waals surface area (Å²) in [5.41, 5.74) is 6.42.